The third-order valence-corrected chi connectivity index (χ3v) is 6.32. The van der Waals surface area contributed by atoms with Gasteiger partial charge in [-0.1, -0.05) is 6.07 Å². The highest BCUT2D eigenvalue weighted by Crippen LogP contribution is 2.28. The molecule has 1 atom stereocenters. The molecule has 2 aromatic rings. The zero-order valence-corrected chi connectivity index (χ0v) is 15.0. The second-order valence-electron chi connectivity index (χ2n) is 5.94. The van der Waals surface area contributed by atoms with Crippen molar-refractivity contribution in [2.45, 2.75) is 31.4 Å². The monoisotopic (exact) mass is 360 g/mol. The maximum absolute atomic E-state index is 13.1. The Morgan fingerprint density at radius 1 is 1.44 bits per heavy atom. The van der Waals surface area contributed by atoms with Crippen LogP contribution >= 0.6 is 0 Å². The minimum atomic E-state index is -3.69. The van der Waals surface area contributed by atoms with Gasteiger partial charge in [0.15, 0.2) is 0 Å². The van der Waals surface area contributed by atoms with Crippen LogP contribution in [0, 0.1) is 18.3 Å². The highest BCUT2D eigenvalue weighted by Gasteiger charge is 2.33. The van der Waals surface area contributed by atoms with Gasteiger partial charge in [-0.15, -0.1) is 0 Å². The quantitative estimate of drug-likeness (QED) is 0.830. The van der Waals surface area contributed by atoms with Crippen molar-refractivity contribution in [2.75, 3.05) is 19.7 Å². The van der Waals surface area contributed by atoms with Gasteiger partial charge in [0.05, 0.1) is 35.4 Å². The average molecular weight is 360 g/mol. The van der Waals surface area contributed by atoms with Crippen molar-refractivity contribution in [2.24, 2.45) is 0 Å². The van der Waals surface area contributed by atoms with Crippen molar-refractivity contribution < 1.29 is 13.2 Å². The molecular formula is C17H20N4O3S. The summed E-state index contributed by atoms with van der Waals surface area (Å²) < 4.78 is 35.1. The lowest BCUT2D eigenvalue weighted by Crippen LogP contribution is -2.42. The molecule has 0 bridgehead atoms. The van der Waals surface area contributed by atoms with E-state index in [1.165, 1.54) is 10.4 Å². The molecule has 1 aromatic heterocycles. The third kappa shape index (κ3) is 3.44. The number of nitriles is 1. The van der Waals surface area contributed by atoms with Gasteiger partial charge >= 0.3 is 0 Å². The minimum Gasteiger partial charge on any atom is -0.371 e. The molecule has 0 spiro atoms. The van der Waals surface area contributed by atoms with Crippen molar-refractivity contribution >= 4 is 10.0 Å². The minimum absolute atomic E-state index is 0.177. The number of aryl methyl sites for hydroxylation is 2. The fourth-order valence-electron chi connectivity index (χ4n) is 2.85. The number of rotatable bonds is 4. The SMILES string of the molecule is CCn1cc([C@H]2CN(S(=O)(=O)c3cc(C#N)ccc3C)CCO2)cn1. The summed E-state index contributed by atoms with van der Waals surface area (Å²) in [6.07, 6.45) is 3.25. The topological polar surface area (TPSA) is 88.2 Å². The largest absolute Gasteiger partial charge is 0.371 e. The van der Waals surface area contributed by atoms with E-state index in [0.717, 1.165) is 12.1 Å². The van der Waals surface area contributed by atoms with Crippen LogP contribution < -0.4 is 0 Å². The average Bonchev–Trinajstić information content (AvgIpc) is 3.11. The van der Waals surface area contributed by atoms with E-state index in [1.54, 1.807) is 29.9 Å². The van der Waals surface area contributed by atoms with Crippen molar-refractivity contribution in [3.8, 4) is 6.07 Å². The van der Waals surface area contributed by atoms with Crippen LogP contribution in [-0.4, -0.2) is 42.2 Å². The predicted octanol–water partition coefficient (Wildman–Crippen LogP) is 1.85. The molecule has 1 aliphatic heterocycles. The second kappa shape index (κ2) is 6.96. The maximum atomic E-state index is 13.1. The lowest BCUT2D eigenvalue weighted by molar-refractivity contribution is -0.00261. The lowest BCUT2D eigenvalue weighted by Gasteiger charge is -2.32. The van der Waals surface area contributed by atoms with E-state index in [1.807, 2.05) is 19.2 Å². The van der Waals surface area contributed by atoms with Crippen molar-refractivity contribution in [3.05, 3.63) is 47.3 Å². The molecular weight excluding hydrogens is 340 g/mol. The Bertz CT molecular complexity index is 914. The number of ether oxygens (including phenoxy) is 1. The van der Waals surface area contributed by atoms with E-state index in [2.05, 4.69) is 5.10 Å². The first-order valence-corrected chi connectivity index (χ1v) is 9.54. The van der Waals surface area contributed by atoms with Crippen molar-refractivity contribution in [1.29, 1.82) is 5.26 Å². The summed E-state index contributed by atoms with van der Waals surface area (Å²) in [5.74, 6) is 0. The van der Waals surface area contributed by atoms with Gasteiger partial charge in [-0.3, -0.25) is 4.68 Å². The molecule has 1 aliphatic rings. The van der Waals surface area contributed by atoms with E-state index in [-0.39, 0.29) is 24.1 Å². The zero-order chi connectivity index (χ0) is 18.0. The molecule has 7 nitrogen and oxygen atoms in total. The van der Waals surface area contributed by atoms with Crippen molar-refractivity contribution in [3.63, 3.8) is 0 Å². The normalized spacial score (nSPS) is 18.8. The van der Waals surface area contributed by atoms with E-state index < -0.39 is 10.0 Å². The van der Waals surface area contributed by atoms with Crippen LogP contribution in [0.15, 0.2) is 35.5 Å². The van der Waals surface area contributed by atoms with Crippen LogP contribution in [0.5, 0.6) is 0 Å². The molecule has 132 valence electrons. The van der Waals surface area contributed by atoms with Crippen LogP contribution in [0.1, 0.15) is 29.7 Å². The van der Waals surface area contributed by atoms with Gasteiger partial charge in [0.25, 0.3) is 0 Å². The summed E-state index contributed by atoms with van der Waals surface area (Å²) in [6, 6.07) is 6.71. The Morgan fingerprint density at radius 2 is 2.24 bits per heavy atom. The smallest absolute Gasteiger partial charge is 0.243 e. The molecule has 2 heterocycles. The summed E-state index contributed by atoms with van der Waals surface area (Å²) in [6.45, 7) is 5.30. The van der Waals surface area contributed by atoms with Gasteiger partial charge in [-0.2, -0.15) is 14.7 Å². The molecule has 1 aromatic carbocycles. The first-order valence-electron chi connectivity index (χ1n) is 8.10. The Kier molecular flexibility index (Phi) is 4.90. The van der Waals surface area contributed by atoms with E-state index in [9.17, 15) is 8.42 Å². The third-order valence-electron chi connectivity index (χ3n) is 4.31. The number of hydrogen-bond donors (Lipinski definition) is 0. The van der Waals surface area contributed by atoms with Gasteiger partial charge in [-0.05, 0) is 31.5 Å². The van der Waals surface area contributed by atoms with Crippen LogP contribution in [0.3, 0.4) is 0 Å². The maximum Gasteiger partial charge on any atom is 0.243 e. The molecule has 0 saturated carbocycles. The van der Waals surface area contributed by atoms with Crippen LogP contribution in [0.4, 0.5) is 0 Å². The number of aromatic nitrogens is 2. The standard InChI is InChI=1S/C17H20N4O3S/c1-3-20-11-15(10-19-20)16-12-21(6-7-24-16)25(22,23)17-8-14(9-18)5-4-13(17)2/h4-5,8,10-11,16H,3,6-7,12H2,1-2H3/t16-/m1/s1. The molecule has 25 heavy (non-hydrogen) atoms. The van der Waals surface area contributed by atoms with Crippen LogP contribution in [-0.2, 0) is 21.3 Å². The highest BCUT2D eigenvalue weighted by molar-refractivity contribution is 7.89. The van der Waals surface area contributed by atoms with E-state index in [0.29, 0.717) is 17.7 Å². The number of hydrogen-bond acceptors (Lipinski definition) is 5. The molecule has 0 amide bonds. The van der Waals surface area contributed by atoms with Crippen molar-refractivity contribution in [1.82, 2.24) is 14.1 Å². The van der Waals surface area contributed by atoms with Gasteiger partial charge in [0.1, 0.15) is 0 Å². The summed E-state index contributed by atoms with van der Waals surface area (Å²) in [4.78, 5) is 0.177. The molecule has 8 heteroatoms. The second-order valence-corrected chi connectivity index (χ2v) is 7.85. The Balaban J connectivity index is 1.88. The van der Waals surface area contributed by atoms with Gasteiger partial charge in [-0.25, -0.2) is 8.42 Å². The first kappa shape index (κ1) is 17.6. The number of sulfonamides is 1. The molecule has 3 rings (SSSR count). The van der Waals surface area contributed by atoms with E-state index in [4.69, 9.17) is 10.00 Å². The fourth-order valence-corrected chi connectivity index (χ4v) is 4.53. The molecule has 1 fully saturated rings. The first-order chi connectivity index (χ1) is 12.0. The molecule has 1 saturated heterocycles. The number of nitrogens with zero attached hydrogens (tertiary/aromatic N) is 4. The number of morpholine rings is 1. The van der Waals surface area contributed by atoms with E-state index >= 15 is 0 Å². The molecule has 0 N–H and O–H groups in total. The molecule has 0 aliphatic carbocycles. The van der Waals surface area contributed by atoms with Gasteiger partial charge < -0.3 is 4.74 Å². The number of benzene rings is 1. The fraction of sp³-hybridized carbons (Fsp3) is 0.412. The Hall–Kier alpha value is -2.21. The van der Waals surface area contributed by atoms with Crippen LogP contribution in [0.25, 0.3) is 0 Å². The highest BCUT2D eigenvalue weighted by atomic mass is 32.2. The summed E-state index contributed by atoms with van der Waals surface area (Å²) in [5, 5.41) is 13.3. The van der Waals surface area contributed by atoms with Gasteiger partial charge in [0, 0.05) is 31.4 Å². The Morgan fingerprint density at radius 3 is 2.92 bits per heavy atom. The van der Waals surface area contributed by atoms with Gasteiger partial charge in [0.2, 0.25) is 10.0 Å². The molecule has 0 radical (unpaired) electrons. The zero-order valence-electron chi connectivity index (χ0n) is 14.2. The summed E-state index contributed by atoms with van der Waals surface area (Å²) in [5.41, 5.74) is 1.82. The molecule has 0 unspecified atom stereocenters. The van der Waals surface area contributed by atoms with Crippen LogP contribution in [0.2, 0.25) is 0 Å². The summed E-state index contributed by atoms with van der Waals surface area (Å²) >= 11 is 0. The Labute approximate surface area is 147 Å². The lowest BCUT2D eigenvalue weighted by atomic mass is 10.2. The predicted molar refractivity (Wildman–Crippen MR) is 91.2 cm³/mol. The summed E-state index contributed by atoms with van der Waals surface area (Å²) in [7, 11) is -3.69.